The zero-order valence-electron chi connectivity index (χ0n) is 10.2. The van der Waals surface area contributed by atoms with Gasteiger partial charge in [-0.1, -0.05) is 12.1 Å². The molecule has 0 aromatic heterocycles. The molecule has 94 valence electrons. The molecule has 4 N–H and O–H groups in total. The molecule has 0 spiro atoms. The van der Waals surface area contributed by atoms with Gasteiger partial charge in [-0.15, -0.1) is 0 Å². The fraction of sp³-hybridized carbons (Fsp3) is 0.417. The van der Waals surface area contributed by atoms with Gasteiger partial charge in [0.2, 0.25) is 0 Å². The van der Waals surface area contributed by atoms with E-state index in [0.29, 0.717) is 6.04 Å². The Bertz CT molecular complexity index is 353. The highest BCUT2D eigenvalue weighted by atomic mass is 32.2. The van der Waals surface area contributed by atoms with Gasteiger partial charge in [-0.25, -0.2) is 4.79 Å². The number of hydrogen-bond donors (Lipinski definition) is 3. The first kappa shape index (κ1) is 13.9. The number of anilines is 1. The molecule has 17 heavy (non-hydrogen) atoms. The van der Waals surface area contributed by atoms with Crippen molar-refractivity contribution in [2.75, 3.05) is 23.9 Å². The van der Waals surface area contributed by atoms with E-state index in [0.717, 1.165) is 18.0 Å². The highest BCUT2D eigenvalue weighted by Crippen LogP contribution is 2.15. The van der Waals surface area contributed by atoms with Crippen LogP contribution in [-0.2, 0) is 0 Å². The van der Waals surface area contributed by atoms with Crippen LogP contribution in [0, 0.1) is 0 Å². The minimum atomic E-state index is -0.538. The maximum absolute atomic E-state index is 10.7. The SMILES string of the molecule is CSCCNC(C)c1ccc(NC(N)=O)cc1. The lowest BCUT2D eigenvalue weighted by molar-refractivity contribution is 0.259. The summed E-state index contributed by atoms with van der Waals surface area (Å²) >= 11 is 1.82. The highest BCUT2D eigenvalue weighted by molar-refractivity contribution is 7.98. The number of urea groups is 1. The number of amides is 2. The fourth-order valence-corrected chi connectivity index (χ4v) is 1.81. The molecule has 0 radical (unpaired) electrons. The van der Waals surface area contributed by atoms with Gasteiger partial charge in [0.05, 0.1) is 0 Å². The van der Waals surface area contributed by atoms with Crippen LogP contribution >= 0.6 is 11.8 Å². The van der Waals surface area contributed by atoms with Crippen molar-refractivity contribution in [3.05, 3.63) is 29.8 Å². The first-order chi connectivity index (χ1) is 8.13. The van der Waals surface area contributed by atoms with Gasteiger partial charge in [0.25, 0.3) is 0 Å². The molecule has 5 heteroatoms. The number of hydrogen-bond acceptors (Lipinski definition) is 3. The number of carbonyl (C=O) groups excluding carboxylic acids is 1. The number of benzene rings is 1. The Labute approximate surface area is 106 Å². The third kappa shape index (κ3) is 5.10. The smallest absolute Gasteiger partial charge is 0.316 e. The van der Waals surface area contributed by atoms with E-state index in [2.05, 4.69) is 23.8 Å². The summed E-state index contributed by atoms with van der Waals surface area (Å²) in [7, 11) is 0. The first-order valence-corrected chi connectivity index (χ1v) is 6.91. The Morgan fingerprint density at radius 1 is 1.41 bits per heavy atom. The van der Waals surface area contributed by atoms with Crippen molar-refractivity contribution in [1.82, 2.24) is 5.32 Å². The van der Waals surface area contributed by atoms with Crippen LogP contribution in [0.15, 0.2) is 24.3 Å². The van der Waals surface area contributed by atoms with Crippen LogP contribution in [0.4, 0.5) is 10.5 Å². The first-order valence-electron chi connectivity index (χ1n) is 5.52. The number of primary amides is 1. The van der Waals surface area contributed by atoms with Crippen molar-refractivity contribution in [1.29, 1.82) is 0 Å². The molecule has 0 aliphatic carbocycles. The van der Waals surface area contributed by atoms with Gasteiger partial charge in [0.15, 0.2) is 0 Å². The maximum Gasteiger partial charge on any atom is 0.316 e. The van der Waals surface area contributed by atoms with Crippen LogP contribution in [0.2, 0.25) is 0 Å². The number of nitrogens with two attached hydrogens (primary N) is 1. The highest BCUT2D eigenvalue weighted by Gasteiger charge is 2.04. The van der Waals surface area contributed by atoms with E-state index in [4.69, 9.17) is 5.73 Å². The average Bonchev–Trinajstić information content (AvgIpc) is 2.29. The van der Waals surface area contributed by atoms with Crippen molar-refractivity contribution < 1.29 is 4.79 Å². The van der Waals surface area contributed by atoms with Crippen LogP contribution in [0.5, 0.6) is 0 Å². The molecule has 0 saturated heterocycles. The lowest BCUT2D eigenvalue weighted by Crippen LogP contribution is -2.21. The summed E-state index contributed by atoms with van der Waals surface area (Å²) < 4.78 is 0. The summed E-state index contributed by atoms with van der Waals surface area (Å²) in [6.45, 7) is 3.11. The zero-order valence-corrected chi connectivity index (χ0v) is 11.0. The largest absolute Gasteiger partial charge is 0.351 e. The summed E-state index contributed by atoms with van der Waals surface area (Å²) in [6, 6.07) is 7.46. The van der Waals surface area contributed by atoms with Gasteiger partial charge in [-0.3, -0.25) is 0 Å². The fourth-order valence-electron chi connectivity index (χ4n) is 1.49. The third-order valence-electron chi connectivity index (χ3n) is 2.43. The monoisotopic (exact) mass is 253 g/mol. The summed E-state index contributed by atoms with van der Waals surface area (Å²) in [5.41, 5.74) is 6.95. The normalized spacial score (nSPS) is 12.1. The predicted octanol–water partition coefficient (Wildman–Crippen LogP) is 2.19. The molecule has 1 unspecified atom stereocenters. The number of nitrogens with one attached hydrogen (secondary N) is 2. The second-order valence-corrected chi connectivity index (χ2v) is 4.77. The lowest BCUT2D eigenvalue weighted by atomic mass is 10.1. The molecule has 1 atom stereocenters. The zero-order chi connectivity index (χ0) is 12.7. The van der Waals surface area contributed by atoms with Gasteiger partial charge >= 0.3 is 6.03 Å². The van der Waals surface area contributed by atoms with Gasteiger partial charge < -0.3 is 16.4 Å². The second-order valence-electron chi connectivity index (χ2n) is 3.78. The van der Waals surface area contributed by atoms with Gasteiger partial charge in [0, 0.05) is 24.0 Å². The molecule has 1 aromatic rings. The van der Waals surface area contributed by atoms with Crippen molar-refractivity contribution in [3.63, 3.8) is 0 Å². The van der Waals surface area contributed by atoms with E-state index in [1.807, 2.05) is 36.0 Å². The number of rotatable bonds is 6. The number of thioether (sulfide) groups is 1. The van der Waals surface area contributed by atoms with Crippen LogP contribution in [0.1, 0.15) is 18.5 Å². The topological polar surface area (TPSA) is 67.2 Å². The molecule has 0 saturated carbocycles. The summed E-state index contributed by atoms with van der Waals surface area (Å²) in [5.74, 6) is 1.10. The Balaban J connectivity index is 2.51. The summed E-state index contributed by atoms with van der Waals surface area (Å²) in [5, 5.41) is 5.97. The Hall–Kier alpha value is -1.20. The van der Waals surface area contributed by atoms with Crippen molar-refractivity contribution in [3.8, 4) is 0 Å². The molecule has 0 aliphatic rings. The predicted molar refractivity (Wildman–Crippen MR) is 74.4 cm³/mol. The third-order valence-corrected chi connectivity index (χ3v) is 3.05. The molecule has 1 aromatic carbocycles. The average molecular weight is 253 g/mol. The molecule has 0 heterocycles. The lowest BCUT2D eigenvalue weighted by Gasteiger charge is -2.14. The molecule has 4 nitrogen and oxygen atoms in total. The van der Waals surface area contributed by atoms with Gasteiger partial charge in [-0.2, -0.15) is 11.8 Å². The molecule has 2 amide bonds. The Kier molecular flexibility index (Phi) is 5.86. The van der Waals surface area contributed by atoms with Crippen LogP contribution < -0.4 is 16.4 Å². The molecular weight excluding hydrogens is 234 g/mol. The molecule has 0 aliphatic heterocycles. The Morgan fingerprint density at radius 2 is 2.06 bits per heavy atom. The van der Waals surface area contributed by atoms with E-state index in [1.165, 1.54) is 5.56 Å². The van der Waals surface area contributed by atoms with Crippen LogP contribution in [-0.4, -0.2) is 24.6 Å². The van der Waals surface area contributed by atoms with Crippen molar-refractivity contribution in [2.45, 2.75) is 13.0 Å². The summed E-state index contributed by atoms with van der Waals surface area (Å²) in [4.78, 5) is 10.7. The van der Waals surface area contributed by atoms with E-state index in [-0.39, 0.29) is 0 Å². The molecular formula is C12H19N3OS. The quantitative estimate of drug-likeness (QED) is 0.681. The van der Waals surface area contributed by atoms with Crippen molar-refractivity contribution >= 4 is 23.5 Å². The minimum absolute atomic E-state index is 0.310. The van der Waals surface area contributed by atoms with Crippen LogP contribution in [0.25, 0.3) is 0 Å². The molecule has 0 fully saturated rings. The van der Waals surface area contributed by atoms with Gasteiger partial charge in [-0.05, 0) is 30.9 Å². The Morgan fingerprint density at radius 3 is 2.59 bits per heavy atom. The molecule has 1 rings (SSSR count). The second kappa shape index (κ2) is 7.19. The van der Waals surface area contributed by atoms with Crippen LogP contribution in [0.3, 0.4) is 0 Å². The van der Waals surface area contributed by atoms with Gasteiger partial charge in [0.1, 0.15) is 0 Å². The van der Waals surface area contributed by atoms with Crippen molar-refractivity contribution in [2.24, 2.45) is 5.73 Å². The van der Waals surface area contributed by atoms with E-state index in [9.17, 15) is 4.79 Å². The summed E-state index contributed by atoms with van der Waals surface area (Å²) in [6.07, 6.45) is 2.09. The number of carbonyl (C=O) groups is 1. The van der Waals surface area contributed by atoms with E-state index in [1.54, 1.807) is 0 Å². The van der Waals surface area contributed by atoms with E-state index >= 15 is 0 Å². The minimum Gasteiger partial charge on any atom is -0.351 e. The maximum atomic E-state index is 10.7. The molecule has 0 bridgehead atoms. The standard InChI is InChI=1S/C12H19N3OS/c1-9(14-7-8-17-2)10-3-5-11(6-4-10)15-12(13)16/h3-6,9,14H,7-8H2,1-2H3,(H3,13,15,16). The van der Waals surface area contributed by atoms with E-state index < -0.39 is 6.03 Å².